The zero-order valence-corrected chi connectivity index (χ0v) is 13.3. The number of halogens is 3. The predicted molar refractivity (Wildman–Crippen MR) is 87.5 cm³/mol. The molecule has 2 rings (SSSR count). The van der Waals surface area contributed by atoms with Gasteiger partial charge in [0.15, 0.2) is 0 Å². The van der Waals surface area contributed by atoms with Crippen molar-refractivity contribution >= 4 is 52.4 Å². The molecule has 0 saturated carbocycles. The highest BCUT2D eigenvalue weighted by Gasteiger charge is 2.08. The number of urea groups is 1. The van der Waals surface area contributed by atoms with Crippen LogP contribution in [0.25, 0.3) is 0 Å². The largest absolute Gasteiger partial charge is 0.337 e. The third-order valence-electron chi connectivity index (χ3n) is 2.55. The lowest BCUT2D eigenvalue weighted by molar-refractivity contribution is 0.0938. The van der Waals surface area contributed by atoms with Gasteiger partial charge in [0.25, 0.3) is 5.91 Å². The van der Waals surface area contributed by atoms with Crippen molar-refractivity contribution in [2.45, 2.75) is 0 Å². The summed E-state index contributed by atoms with van der Waals surface area (Å²) >= 11 is 17.4. The Kier molecular flexibility index (Phi) is 5.49. The molecule has 0 radical (unpaired) electrons. The van der Waals surface area contributed by atoms with Gasteiger partial charge in [-0.1, -0.05) is 40.9 Å². The summed E-state index contributed by atoms with van der Waals surface area (Å²) < 4.78 is 0. The maximum absolute atomic E-state index is 11.8. The predicted octanol–water partition coefficient (Wildman–Crippen LogP) is 4.11. The zero-order valence-electron chi connectivity index (χ0n) is 11.0. The first-order valence-corrected chi connectivity index (χ1v) is 7.17. The van der Waals surface area contributed by atoms with Gasteiger partial charge in [0.1, 0.15) is 0 Å². The maximum atomic E-state index is 11.8. The first kappa shape index (κ1) is 16.4. The van der Waals surface area contributed by atoms with E-state index in [2.05, 4.69) is 16.2 Å². The van der Waals surface area contributed by atoms with Crippen LogP contribution in [0.5, 0.6) is 0 Å². The van der Waals surface area contributed by atoms with Gasteiger partial charge < -0.3 is 5.32 Å². The van der Waals surface area contributed by atoms with E-state index in [4.69, 9.17) is 34.8 Å². The molecule has 0 aliphatic rings. The van der Waals surface area contributed by atoms with Gasteiger partial charge in [-0.05, 0) is 36.4 Å². The average molecular weight is 359 g/mol. The molecule has 0 heterocycles. The summed E-state index contributed by atoms with van der Waals surface area (Å²) in [4.78, 5) is 23.5. The molecule has 2 aromatic rings. The maximum Gasteiger partial charge on any atom is 0.337 e. The van der Waals surface area contributed by atoms with Crippen LogP contribution < -0.4 is 16.2 Å². The molecule has 0 fully saturated rings. The van der Waals surface area contributed by atoms with Crippen molar-refractivity contribution in [2.24, 2.45) is 0 Å². The Morgan fingerprint density at radius 3 is 2.32 bits per heavy atom. The number of benzene rings is 2. The number of hydrazine groups is 1. The lowest BCUT2D eigenvalue weighted by Crippen LogP contribution is -2.43. The summed E-state index contributed by atoms with van der Waals surface area (Å²) in [6.07, 6.45) is 0. The van der Waals surface area contributed by atoms with E-state index in [9.17, 15) is 9.59 Å². The number of rotatable bonds is 2. The Bertz CT molecular complexity index is 722. The molecule has 0 aromatic heterocycles. The first-order chi connectivity index (χ1) is 10.5. The fourth-order valence-corrected chi connectivity index (χ4v) is 2.04. The highest BCUT2D eigenvalue weighted by Crippen LogP contribution is 2.24. The topological polar surface area (TPSA) is 70.2 Å². The number of hydrogen-bond acceptors (Lipinski definition) is 2. The van der Waals surface area contributed by atoms with Crippen LogP contribution in [0.1, 0.15) is 10.4 Å². The van der Waals surface area contributed by atoms with Gasteiger partial charge in [-0.3, -0.25) is 10.2 Å². The fourth-order valence-electron chi connectivity index (χ4n) is 1.55. The summed E-state index contributed by atoms with van der Waals surface area (Å²) in [5.41, 5.74) is 5.22. The second kappa shape index (κ2) is 7.35. The van der Waals surface area contributed by atoms with E-state index in [1.807, 2.05) is 0 Å². The van der Waals surface area contributed by atoms with E-state index in [1.54, 1.807) is 30.3 Å². The molecule has 5 nitrogen and oxygen atoms in total. The second-order valence-corrected chi connectivity index (χ2v) is 5.42. The zero-order chi connectivity index (χ0) is 16.1. The van der Waals surface area contributed by atoms with E-state index in [-0.39, 0.29) is 0 Å². The quantitative estimate of drug-likeness (QED) is 0.707. The van der Waals surface area contributed by atoms with E-state index in [0.29, 0.717) is 26.3 Å². The molecule has 8 heteroatoms. The summed E-state index contributed by atoms with van der Waals surface area (Å²) in [5, 5.41) is 3.60. The standard InChI is InChI=1S/C14H10Cl3N3O2/c15-9-3-1-2-8(6-9)13(21)19-20-14(22)18-10-4-5-11(16)12(17)7-10/h1-7H,(H,19,21)(H2,18,20,22). The van der Waals surface area contributed by atoms with Crippen LogP contribution in [0.15, 0.2) is 42.5 Å². The highest BCUT2D eigenvalue weighted by molar-refractivity contribution is 6.42. The van der Waals surface area contributed by atoms with Crippen LogP contribution in [-0.2, 0) is 0 Å². The minimum Gasteiger partial charge on any atom is -0.307 e. The van der Waals surface area contributed by atoms with Gasteiger partial charge in [0.2, 0.25) is 0 Å². The molecule has 0 aliphatic heterocycles. The molecule has 0 saturated heterocycles. The molecule has 0 aliphatic carbocycles. The van der Waals surface area contributed by atoms with Crippen molar-refractivity contribution in [3.05, 3.63) is 63.1 Å². The van der Waals surface area contributed by atoms with E-state index in [1.165, 1.54) is 12.1 Å². The van der Waals surface area contributed by atoms with Crippen LogP contribution in [0.3, 0.4) is 0 Å². The van der Waals surface area contributed by atoms with Crippen LogP contribution in [0, 0.1) is 0 Å². The Morgan fingerprint density at radius 2 is 1.64 bits per heavy atom. The van der Waals surface area contributed by atoms with Gasteiger partial charge in [-0.25, -0.2) is 10.2 Å². The second-order valence-electron chi connectivity index (χ2n) is 4.17. The minimum atomic E-state index is -0.631. The van der Waals surface area contributed by atoms with Crippen LogP contribution in [0.2, 0.25) is 15.1 Å². The first-order valence-electron chi connectivity index (χ1n) is 6.03. The monoisotopic (exact) mass is 357 g/mol. The molecule has 114 valence electrons. The molecule has 3 N–H and O–H groups in total. The SMILES string of the molecule is O=C(NNC(=O)c1cccc(Cl)c1)Nc1ccc(Cl)c(Cl)c1. The van der Waals surface area contributed by atoms with Crippen molar-refractivity contribution in [3.8, 4) is 0 Å². The average Bonchev–Trinajstić information content (AvgIpc) is 2.48. The Hall–Kier alpha value is -1.95. The molecule has 0 unspecified atom stereocenters. The van der Waals surface area contributed by atoms with Gasteiger partial charge in [0.05, 0.1) is 10.0 Å². The van der Waals surface area contributed by atoms with Crippen molar-refractivity contribution in [2.75, 3.05) is 5.32 Å². The van der Waals surface area contributed by atoms with Gasteiger partial charge in [0, 0.05) is 16.3 Å². The Labute approximate surface area is 141 Å². The van der Waals surface area contributed by atoms with Crippen molar-refractivity contribution in [1.82, 2.24) is 10.9 Å². The molecule has 0 spiro atoms. The van der Waals surface area contributed by atoms with Gasteiger partial charge in [-0.2, -0.15) is 0 Å². The third kappa shape index (κ3) is 4.53. The van der Waals surface area contributed by atoms with E-state index < -0.39 is 11.9 Å². The number of carbonyl (C=O) groups is 2. The number of nitrogens with one attached hydrogen (secondary N) is 3. The number of anilines is 1. The summed E-state index contributed by atoms with van der Waals surface area (Å²) in [7, 11) is 0. The van der Waals surface area contributed by atoms with Crippen molar-refractivity contribution < 1.29 is 9.59 Å². The lowest BCUT2D eigenvalue weighted by atomic mass is 10.2. The molecule has 0 bridgehead atoms. The van der Waals surface area contributed by atoms with Crippen molar-refractivity contribution in [3.63, 3.8) is 0 Å². The molecular formula is C14H10Cl3N3O2. The van der Waals surface area contributed by atoms with Gasteiger partial charge >= 0.3 is 6.03 Å². The summed E-state index contributed by atoms with van der Waals surface area (Å²) in [5.74, 6) is -0.494. The molecule has 0 atom stereocenters. The van der Waals surface area contributed by atoms with Crippen LogP contribution >= 0.6 is 34.8 Å². The Balaban J connectivity index is 1.90. The third-order valence-corrected chi connectivity index (χ3v) is 3.53. The molecule has 3 amide bonds. The smallest absolute Gasteiger partial charge is 0.307 e. The summed E-state index contributed by atoms with van der Waals surface area (Å²) in [6.45, 7) is 0. The Morgan fingerprint density at radius 1 is 0.864 bits per heavy atom. The molecular weight excluding hydrogens is 349 g/mol. The molecule has 2 aromatic carbocycles. The van der Waals surface area contributed by atoms with Gasteiger partial charge in [-0.15, -0.1) is 0 Å². The highest BCUT2D eigenvalue weighted by atomic mass is 35.5. The number of amides is 3. The lowest BCUT2D eigenvalue weighted by Gasteiger charge is -2.09. The molecule has 22 heavy (non-hydrogen) atoms. The van der Waals surface area contributed by atoms with Crippen LogP contribution in [0.4, 0.5) is 10.5 Å². The van der Waals surface area contributed by atoms with Crippen LogP contribution in [-0.4, -0.2) is 11.9 Å². The number of carbonyl (C=O) groups excluding carboxylic acids is 2. The normalized spacial score (nSPS) is 9.95. The van der Waals surface area contributed by atoms with E-state index >= 15 is 0 Å². The van der Waals surface area contributed by atoms with E-state index in [0.717, 1.165) is 0 Å². The minimum absolute atomic E-state index is 0.308. The van der Waals surface area contributed by atoms with Crippen molar-refractivity contribution in [1.29, 1.82) is 0 Å². The fraction of sp³-hybridized carbons (Fsp3) is 0. The summed E-state index contributed by atoms with van der Waals surface area (Å²) in [6, 6.07) is 10.3. The number of hydrogen-bond donors (Lipinski definition) is 3.